The van der Waals surface area contributed by atoms with Gasteiger partial charge in [0.25, 0.3) is 0 Å². The van der Waals surface area contributed by atoms with E-state index in [1.54, 1.807) is 18.7 Å². The highest BCUT2D eigenvalue weighted by Crippen LogP contribution is 2.32. The van der Waals surface area contributed by atoms with Crippen LogP contribution in [0.2, 0.25) is 5.02 Å². The van der Waals surface area contributed by atoms with E-state index in [2.05, 4.69) is 28.4 Å². The first-order chi connectivity index (χ1) is 13.8. The molecule has 0 spiro atoms. The number of hydrogen-bond acceptors (Lipinski definition) is 4. The molecule has 0 saturated heterocycles. The Labute approximate surface area is 175 Å². The molecule has 148 valence electrons. The molecule has 3 aromatic rings. The van der Waals surface area contributed by atoms with Gasteiger partial charge in [-0.1, -0.05) is 54.1 Å². The standard InChI is InChI=1S/C23H23ClN4O/c1-23(2,25)22(29)28-13-11-16(12-14-28)21-19-6-4-3-5-18(19)20(26-27-21)15-7-9-17(24)10-8-15/h3-11H,12-14,25H2,1-2H3. The third-order valence-corrected chi connectivity index (χ3v) is 5.41. The first kappa shape index (κ1) is 19.6. The lowest BCUT2D eigenvalue weighted by Gasteiger charge is -2.31. The van der Waals surface area contributed by atoms with Crippen LogP contribution in [0, 0.1) is 0 Å². The molecule has 0 atom stereocenters. The van der Waals surface area contributed by atoms with Gasteiger partial charge in [0.05, 0.1) is 11.2 Å². The zero-order valence-electron chi connectivity index (χ0n) is 16.5. The van der Waals surface area contributed by atoms with Crippen molar-refractivity contribution in [1.29, 1.82) is 0 Å². The maximum absolute atomic E-state index is 12.4. The van der Waals surface area contributed by atoms with E-state index in [9.17, 15) is 4.79 Å². The maximum atomic E-state index is 12.4. The van der Waals surface area contributed by atoms with Gasteiger partial charge < -0.3 is 10.6 Å². The van der Waals surface area contributed by atoms with Gasteiger partial charge >= 0.3 is 0 Å². The normalized spacial score (nSPS) is 14.8. The maximum Gasteiger partial charge on any atom is 0.242 e. The van der Waals surface area contributed by atoms with Crippen molar-refractivity contribution in [1.82, 2.24) is 15.1 Å². The molecule has 6 heteroatoms. The molecule has 2 N–H and O–H groups in total. The Hall–Kier alpha value is -2.76. The fourth-order valence-corrected chi connectivity index (χ4v) is 3.76. The molecule has 4 rings (SSSR count). The van der Waals surface area contributed by atoms with Crippen LogP contribution in [0.15, 0.2) is 54.6 Å². The average molecular weight is 407 g/mol. The Balaban J connectivity index is 1.71. The van der Waals surface area contributed by atoms with Gasteiger partial charge in [0.15, 0.2) is 0 Å². The summed E-state index contributed by atoms with van der Waals surface area (Å²) in [4.78, 5) is 14.2. The molecule has 1 amide bonds. The molecule has 2 aromatic carbocycles. The lowest BCUT2D eigenvalue weighted by molar-refractivity contribution is -0.135. The van der Waals surface area contributed by atoms with Crippen LogP contribution in [0.4, 0.5) is 0 Å². The monoisotopic (exact) mass is 406 g/mol. The molecule has 2 heterocycles. The highest BCUT2D eigenvalue weighted by Gasteiger charge is 2.29. The zero-order valence-corrected chi connectivity index (χ0v) is 17.3. The molecule has 5 nitrogen and oxygen atoms in total. The van der Waals surface area contributed by atoms with E-state index < -0.39 is 5.54 Å². The minimum absolute atomic E-state index is 0.0400. The highest BCUT2D eigenvalue weighted by molar-refractivity contribution is 6.30. The lowest BCUT2D eigenvalue weighted by atomic mass is 9.96. The Morgan fingerprint density at radius 1 is 1.03 bits per heavy atom. The summed E-state index contributed by atoms with van der Waals surface area (Å²) >= 11 is 6.03. The lowest BCUT2D eigenvalue weighted by Crippen LogP contribution is -2.52. The highest BCUT2D eigenvalue weighted by atomic mass is 35.5. The minimum Gasteiger partial charge on any atom is -0.337 e. The minimum atomic E-state index is -0.863. The van der Waals surface area contributed by atoms with Crippen molar-refractivity contribution in [2.75, 3.05) is 13.1 Å². The summed E-state index contributed by atoms with van der Waals surface area (Å²) in [6.07, 6.45) is 2.78. The van der Waals surface area contributed by atoms with Gasteiger partial charge in [-0.2, -0.15) is 0 Å². The van der Waals surface area contributed by atoms with Crippen molar-refractivity contribution in [3.05, 3.63) is 65.3 Å². The molecule has 0 radical (unpaired) electrons. The van der Waals surface area contributed by atoms with Crippen LogP contribution in [0.3, 0.4) is 0 Å². The number of amides is 1. The van der Waals surface area contributed by atoms with Crippen LogP contribution in [0.1, 0.15) is 26.0 Å². The average Bonchev–Trinajstić information content (AvgIpc) is 2.73. The number of carbonyl (C=O) groups excluding carboxylic acids is 1. The van der Waals surface area contributed by atoms with E-state index in [-0.39, 0.29) is 5.91 Å². The van der Waals surface area contributed by atoms with E-state index in [4.69, 9.17) is 17.3 Å². The summed E-state index contributed by atoms with van der Waals surface area (Å²) in [7, 11) is 0. The Morgan fingerprint density at radius 3 is 2.24 bits per heavy atom. The van der Waals surface area contributed by atoms with Crippen molar-refractivity contribution < 1.29 is 4.79 Å². The molecule has 0 bridgehead atoms. The summed E-state index contributed by atoms with van der Waals surface area (Å²) in [6, 6.07) is 15.8. The number of benzene rings is 2. The second-order valence-electron chi connectivity index (χ2n) is 7.90. The van der Waals surface area contributed by atoms with Crippen molar-refractivity contribution in [3.63, 3.8) is 0 Å². The molecular formula is C23H23ClN4O. The topological polar surface area (TPSA) is 72.1 Å². The Bertz CT molecular complexity index is 1100. The molecular weight excluding hydrogens is 384 g/mol. The fraction of sp³-hybridized carbons (Fsp3) is 0.261. The second-order valence-corrected chi connectivity index (χ2v) is 8.34. The quantitative estimate of drug-likeness (QED) is 0.703. The largest absolute Gasteiger partial charge is 0.337 e. The molecule has 0 unspecified atom stereocenters. The van der Waals surface area contributed by atoms with E-state index in [0.29, 0.717) is 18.1 Å². The van der Waals surface area contributed by atoms with Crippen molar-refractivity contribution in [3.8, 4) is 11.3 Å². The van der Waals surface area contributed by atoms with Crippen LogP contribution in [-0.2, 0) is 4.79 Å². The predicted molar refractivity (Wildman–Crippen MR) is 117 cm³/mol. The number of hydrogen-bond donors (Lipinski definition) is 1. The summed E-state index contributed by atoms with van der Waals surface area (Å²) in [5.74, 6) is -0.0400. The number of aromatic nitrogens is 2. The Morgan fingerprint density at radius 2 is 1.66 bits per heavy atom. The summed E-state index contributed by atoms with van der Waals surface area (Å²) in [5.41, 5.74) is 8.89. The third-order valence-electron chi connectivity index (χ3n) is 5.16. The van der Waals surface area contributed by atoms with Gasteiger partial charge in [0.1, 0.15) is 5.69 Å². The summed E-state index contributed by atoms with van der Waals surface area (Å²) in [6.45, 7) is 4.63. The molecule has 1 aliphatic rings. The third kappa shape index (κ3) is 3.88. The molecule has 1 aliphatic heterocycles. The second kappa shape index (κ2) is 7.58. The van der Waals surface area contributed by atoms with Crippen molar-refractivity contribution >= 4 is 33.9 Å². The van der Waals surface area contributed by atoms with Crippen molar-refractivity contribution in [2.24, 2.45) is 5.73 Å². The first-order valence-electron chi connectivity index (χ1n) is 9.63. The van der Waals surface area contributed by atoms with Gasteiger partial charge in [-0.15, -0.1) is 10.2 Å². The molecule has 0 fully saturated rings. The van der Waals surface area contributed by atoms with Gasteiger partial charge in [0, 0.05) is 34.4 Å². The van der Waals surface area contributed by atoms with Crippen LogP contribution in [0.5, 0.6) is 0 Å². The number of fused-ring (bicyclic) bond motifs is 1. The molecule has 0 aliphatic carbocycles. The summed E-state index contributed by atoms with van der Waals surface area (Å²) in [5, 5.41) is 11.9. The molecule has 1 aromatic heterocycles. The fourth-order valence-electron chi connectivity index (χ4n) is 3.64. The van der Waals surface area contributed by atoms with Gasteiger partial charge in [0.2, 0.25) is 5.91 Å². The number of halogens is 1. The predicted octanol–water partition coefficient (Wildman–Crippen LogP) is 4.30. The van der Waals surface area contributed by atoms with Crippen LogP contribution in [0.25, 0.3) is 27.6 Å². The van der Waals surface area contributed by atoms with Crippen LogP contribution < -0.4 is 5.73 Å². The van der Waals surface area contributed by atoms with Gasteiger partial charge in [-0.3, -0.25) is 4.79 Å². The summed E-state index contributed by atoms with van der Waals surface area (Å²) < 4.78 is 0. The first-order valence-corrected chi connectivity index (χ1v) is 10.0. The van der Waals surface area contributed by atoms with Crippen LogP contribution >= 0.6 is 11.6 Å². The number of nitrogens with two attached hydrogens (primary N) is 1. The van der Waals surface area contributed by atoms with Crippen LogP contribution in [-0.4, -0.2) is 39.6 Å². The van der Waals surface area contributed by atoms with E-state index >= 15 is 0 Å². The number of rotatable bonds is 3. The zero-order chi connectivity index (χ0) is 20.6. The smallest absolute Gasteiger partial charge is 0.242 e. The van der Waals surface area contributed by atoms with E-state index in [1.165, 1.54) is 0 Å². The molecule has 0 saturated carbocycles. The van der Waals surface area contributed by atoms with Gasteiger partial charge in [-0.05, 0) is 38.0 Å². The SMILES string of the molecule is CC(C)(N)C(=O)N1CC=C(c2nnc(-c3ccc(Cl)cc3)c3ccccc23)CC1. The number of carbonyl (C=O) groups is 1. The van der Waals surface area contributed by atoms with E-state index in [0.717, 1.165) is 39.7 Å². The molecule has 29 heavy (non-hydrogen) atoms. The number of nitrogens with zero attached hydrogens (tertiary/aromatic N) is 3. The van der Waals surface area contributed by atoms with Crippen molar-refractivity contribution in [2.45, 2.75) is 25.8 Å². The Kier molecular flexibility index (Phi) is 5.11. The van der Waals surface area contributed by atoms with E-state index in [1.807, 2.05) is 36.4 Å². The van der Waals surface area contributed by atoms with Gasteiger partial charge in [-0.25, -0.2) is 0 Å².